The van der Waals surface area contributed by atoms with Gasteiger partial charge in [0.05, 0.1) is 46.8 Å². The van der Waals surface area contributed by atoms with Gasteiger partial charge in [-0.1, -0.05) is 182 Å². The van der Waals surface area contributed by atoms with E-state index in [0.29, 0.717) is 39.6 Å². The first-order valence-electron chi connectivity index (χ1n) is 23.6. The van der Waals surface area contributed by atoms with Crippen LogP contribution < -0.4 is 31.8 Å². The van der Waals surface area contributed by atoms with Crippen molar-refractivity contribution in [1.29, 1.82) is 0 Å². The van der Waals surface area contributed by atoms with E-state index in [1.165, 1.54) is 0 Å². The minimum Gasteiger partial charge on any atom is -0.379 e. The van der Waals surface area contributed by atoms with Crippen LogP contribution in [0.3, 0.4) is 0 Å². The number of benzene rings is 6. The summed E-state index contributed by atoms with van der Waals surface area (Å²) in [5.41, 5.74) is 0. The van der Waals surface area contributed by atoms with Crippen LogP contribution in [0.2, 0.25) is 0 Å². The molecule has 0 aliphatic carbocycles. The maximum Gasteiger partial charge on any atom is 0.287 e. The molecule has 0 unspecified atom stereocenters. The molecule has 16 heteroatoms. The first-order chi connectivity index (χ1) is 33.4. The number of hydrogen-bond donors (Lipinski definition) is 0. The zero-order chi connectivity index (χ0) is 50.5. The summed E-state index contributed by atoms with van der Waals surface area (Å²) in [6.45, 7) is 19.1. The summed E-state index contributed by atoms with van der Waals surface area (Å²) in [5, 5.41) is 5.40. The van der Waals surface area contributed by atoms with Crippen LogP contribution in [0, 0.1) is 0 Å². The molecule has 11 nitrogen and oxygen atoms in total. The van der Waals surface area contributed by atoms with Crippen LogP contribution in [0.1, 0.15) is 0 Å². The van der Waals surface area contributed by atoms with Crippen molar-refractivity contribution < 1.29 is 37.0 Å². The Morgan fingerprint density at radius 2 is 0.514 bits per heavy atom. The molecule has 6 aromatic rings. The lowest BCUT2D eigenvalue weighted by atomic mass is 10.4. The Hall–Kier alpha value is -3.77. The number of hydrogen-bond acceptors (Lipinski definition) is 8. The van der Waals surface area contributed by atoms with Crippen LogP contribution in [-0.4, -0.2) is 133 Å². The van der Waals surface area contributed by atoms with E-state index in [4.69, 9.17) is 14.2 Å². The van der Waals surface area contributed by atoms with Crippen molar-refractivity contribution in [3.8, 4) is 0 Å². The van der Waals surface area contributed by atoms with Crippen LogP contribution in [0.5, 0.6) is 0 Å². The van der Waals surface area contributed by atoms with Gasteiger partial charge < -0.3 is 32.5 Å². The van der Waals surface area contributed by atoms with Gasteiger partial charge in [-0.05, 0) is 40.0 Å². The van der Waals surface area contributed by atoms with Gasteiger partial charge in [-0.3, -0.25) is 4.57 Å². The lowest BCUT2D eigenvalue weighted by Crippen LogP contribution is -2.50. The molecular weight excluding hydrogens is 973 g/mol. The molecule has 0 aromatic heterocycles. The maximum atomic E-state index is 13.9. The molecule has 3 aliphatic heterocycles. The fourth-order valence-electron chi connectivity index (χ4n) is 7.70. The zero-order valence-electron chi connectivity index (χ0n) is 41.6. The van der Waals surface area contributed by atoms with Crippen LogP contribution in [0.4, 0.5) is 0 Å². The summed E-state index contributed by atoms with van der Waals surface area (Å²) in [4.78, 5) is 0. The summed E-state index contributed by atoms with van der Waals surface area (Å²) in [7, 11) is -11.5. The lowest BCUT2D eigenvalue weighted by Gasteiger charge is -2.47. The molecule has 0 bridgehead atoms. The van der Waals surface area contributed by atoms with Crippen LogP contribution in [0.15, 0.2) is 182 Å². The smallest absolute Gasteiger partial charge is 0.287 e. The van der Waals surface area contributed by atoms with Gasteiger partial charge in [0, 0.05) is 71.1 Å². The molecule has 0 radical (unpaired) electrons. The van der Waals surface area contributed by atoms with Crippen molar-refractivity contribution in [2.24, 2.45) is 0 Å². The molecule has 70 heavy (non-hydrogen) atoms. The van der Waals surface area contributed by atoms with Gasteiger partial charge in [-0.15, -0.1) is 0 Å². The molecule has 376 valence electrons. The Labute approximate surface area is 418 Å². The summed E-state index contributed by atoms with van der Waals surface area (Å²) in [5.74, 6) is 0. The quantitative estimate of drug-likeness (QED) is 0.129. The lowest BCUT2D eigenvalue weighted by molar-refractivity contribution is 0.0307. The molecule has 0 saturated carbocycles. The van der Waals surface area contributed by atoms with Gasteiger partial charge in [0.15, 0.2) is 7.14 Å². The number of rotatable bonds is 9. The van der Waals surface area contributed by atoms with E-state index in [-0.39, 0.29) is 0 Å². The van der Waals surface area contributed by atoms with E-state index in [9.17, 15) is 22.8 Å². The summed E-state index contributed by atoms with van der Waals surface area (Å²) < 4.78 is 84.6. The molecule has 3 heterocycles. The molecule has 3 saturated heterocycles. The topological polar surface area (TPSA) is 123 Å². The minimum atomic E-state index is -2.78. The van der Waals surface area contributed by atoms with E-state index in [0.717, 1.165) is 71.1 Å². The third-order valence-electron chi connectivity index (χ3n) is 11.3. The van der Waals surface area contributed by atoms with Crippen molar-refractivity contribution in [3.63, 3.8) is 0 Å². The molecule has 6 aromatic carbocycles. The standard InChI is InChI=1S/C18H15OP.C13H13OP.C12H24N3O4P.C8H11OP.C3H9OP/c19-20(16-10-4-1-5-11-16,17-12-6-2-7-13-17)18-14-8-3-9-15-18;1-15(14,12-8-4-2-5-9-12)13-10-6-3-7-11-13;16-20(13-1-7-17-8-2-13,14-3-9-18-10-4-14)15-5-11-19-12-6-15;1-10(2,9)8-6-4-3-5-7-8;1-5(2,3)4/h1-15H;2-11H,1H3;1-12H2;3-7H,1-2H3;1-3H3. The largest absolute Gasteiger partial charge is 0.379 e. The van der Waals surface area contributed by atoms with Gasteiger partial charge in [-0.2, -0.15) is 0 Å². The highest BCUT2D eigenvalue weighted by Crippen LogP contribution is 2.57. The second-order valence-corrected chi connectivity index (χ2v) is 33.4. The van der Waals surface area contributed by atoms with Gasteiger partial charge in [0.1, 0.15) is 14.3 Å². The Morgan fingerprint density at radius 3 is 0.714 bits per heavy atom. The van der Waals surface area contributed by atoms with E-state index >= 15 is 0 Å². The van der Waals surface area contributed by atoms with Crippen LogP contribution in [0.25, 0.3) is 0 Å². The van der Waals surface area contributed by atoms with Crippen molar-refractivity contribution in [3.05, 3.63) is 182 Å². The van der Waals surface area contributed by atoms with E-state index in [2.05, 4.69) is 14.0 Å². The summed E-state index contributed by atoms with van der Waals surface area (Å²) in [6, 6.07) is 58.0. The van der Waals surface area contributed by atoms with Crippen molar-refractivity contribution in [2.75, 3.05) is 119 Å². The Bertz CT molecular complexity index is 2450. The average molecular weight is 1050 g/mol. The first kappa shape index (κ1) is 57.1. The first-order valence-corrected chi connectivity index (χ1v) is 34.7. The Morgan fingerprint density at radius 1 is 0.314 bits per heavy atom. The van der Waals surface area contributed by atoms with Crippen molar-refractivity contribution in [1.82, 2.24) is 14.0 Å². The molecule has 0 atom stereocenters. The second-order valence-electron chi connectivity index (χ2n) is 18.0. The summed E-state index contributed by atoms with van der Waals surface area (Å²) >= 11 is 0. The van der Waals surface area contributed by atoms with Gasteiger partial charge in [-0.25, -0.2) is 14.0 Å². The highest BCUT2D eigenvalue weighted by Gasteiger charge is 2.44. The predicted octanol–water partition coefficient (Wildman–Crippen LogP) is 9.22. The summed E-state index contributed by atoms with van der Waals surface area (Å²) in [6.07, 6.45) is 0. The highest BCUT2D eigenvalue weighted by atomic mass is 31.2. The monoisotopic (exact) mass is 1050 g/mol. The third-order valence-corrected chi connectivity index (χ3v) is 21.9. The average Bonchev–Trinajstić information content (AvgIpc) is 3.40. The minimum absolute atomic E-state index is 0.665. The highest BCUT2D eigenvalue weighted by molar-refractivity contribution is 7.85. The number of morpholine rings is 3. The van der Waals surface area contributed by atoms with E-state index in [1.807, 2.05) is 189 Å². The van der Waals surface area contributed by atoms with Gasteiger partial charge >= 0.3 is 0 Å². The second kappa shape index (κ2) is 27.9. The fourth-order valence-corrected chi connectivity index (χ4v) is 16.2. The molecule has 0 amide bonds. The zero-order valence-corrected chi connectivity index (χ0v) is 46.1. The predicted molar refractivity (Wildman–Crippen MR) is 297 cm³/mol. The van der Waals surface area contributed by atoms with E-state index in [1.54, 1.807) is 33.3 Å². The molecule has 3 fully saturated rings. The van der Waals surface area contributed by atoms with Crippen molar-refractivity contribution >= 4 is 68.0 Å². The number of nitrogens with zero attached hydrogens (tertiary/aromatic N) is 3. The van der Waals surface area contributed by atoms with Crippen LogP contribution >= 0.6 is 36.2 Å². The van der Waals surface area contributed by atoms with Crippen molar-refractivity contribution in [2.45, 2.75) is 0 Å². The molecule has 0 spiro atoms. The Balaban J connectivity index is 0.000000173. The van der Waals surface area contributed by atoms with Gasteiger partial charge in [0.2, 0.25) is 0 Å². The van der Waals surface area contributed by atoms with Gasteiger partial charge in [0.25, 0.3) is 7.59 Å². The molecule has 3 aliphatic rings. The third kappa shape index (κ3) is 17.2. The molecular formula is C54H72N3O8P5. The maximum absolute atomic E-state index is 13.9. The fraction of sp³-hybridized carbons (Fsp3) is 0.333. The van der Waals surface area contributed by atoms with Crippen LogP contribution in [-0.2, 0) is 37.0 Å². The SMILES string of the molecule is CP(=O)(c1ccccc1)c1ccccc1.CP(C)(=O)c1ccccc1.CP(C)(C)=O.O=P(N1CCOCC1)(N1CCOCC1)N1CCOCC1.O=P(c1ccccc1)(c1ccccc1)c1ccccc1. The van der Waals surface area contributed by atoms with E-state index < -0.39 is 36.2 Å². The molecule has 0 N–H and O–H groups in total. The Kier molecular flexibility index (Phi) is 22.8. The normalized spacial score (nSPS) is 16.3. The molecule has 9 rings (SSSR count). The number of ether oxygens (including phenoxy) is 3.